The van der Waals surface area contributed by atoms with E-state index < -0.39 is 0 Å². The monoisotopic (exact) mass is 350 g/mol. The standard InChI is InChI=1S/C21H22N2O3/c1-2-14-26-19-7-5-17(6-8-19)21(25)23-12-9-16(10-13-23)20(24)18-4-3-11-22-15-18/h2-8,11,15-16H,1,9-10,12-14H2. The second-order valence-corrected chi connectivity index (χ2v) is 6.30. The molecule has 1 fully saturated rings. The van der Waals surface area contributed by atoms with Crippen molar-refractivity contribution in [3.05, 3.63) is 72.6 Å². The zero-order valence-electron chi connectivity index (χ0n) is 14.6. The molecular weight excluding hydrogens is 328 g/mol. The molecule has 26 heavy (non-hydrogen) atoms. The van der Waals surface area contributed by atoms with Crippen LogP contribution < -0.4 is 4.74 Å². The minimum atomic E-state index is -0.0436. The molecule has 0 bridgehead atoms. The van der Waals surface area contributed by atoms with E-state index in [1.165, 1.54) is 0 Å². The van der Waals surface area contributed by atoms with E-state index in [0.717, 1.165) is 0 Å². The van der Waals surface area contributed by atoms with Crippen LogP contribution in [0.1, 0.15) is 33.6 Å². The Bertz CT molecular complexity index is 764. The molecule has 0 aliphatic carbocycles. The Kier molecular flexibility index (Phi) is 5.79. The summed E-state index contributed by atoms with van der Waals surface area (Å²) in [6.07, 6.45) is 6.30. The summed E-state index contributed by atoms with van der Waals surface area (Å²) in [6, 6.07) is 10.7. The van der Waals surface area contributed by atoms with Gasteiger partial charge in [-0.3, -0.25) is 14.6 Å². The van der Waals surface area contributed by atoms with Crippen molar-refractivity contribution in [1.82, 2.24) is 9.88 Å². The Morgan fingerprint density at radius 3 is 2.50 bits per heavy atom. The Labute approximate surface area is 153 Å². The normalized spacial score (nSPS) is 14.7. The summed E-state index contributed by atoms with van der Waals surface area (Å²) in [5, 5.41) is 0. The highest BCUT2D eigenvalue weighted by molar-refractivity contribution is 5.98. The summed E-state index contributed by atoms with van der Waals surface area (Å²) in [4.78, 5) is 31.0. The fourth-order valence-electron chi connectivity index (χ4n) is 3.12. The smallest absolute Gasteiger partial charge is 0.253 e. The van der Waals surface area contributed by atoms with Gasteiger partial charge in [-0.2, -0.15) is 0 Å². The Hall–Kier alpha value is -2.95. The summed E-state index contributed by atoms with van der Waals surface area (Å²) in [5.74, 6) is 0.779. The van der Waals surface area contributed by atoms with Gasteiger partial charge in [-0.1, -0.05) is 12.7 Å². The zero-order valence-corrected chi connectivity index (χ0v) is 14.6. The van der Waals surface area contributed by atoms with Crippen LogP contribution in [0.3, 0.4) is 0 Å². The van der Waals surface area contributed by atoms with Crippen molar-refractivity contribution in [2.24, 2.45) is 5.92 Å². The Balaban J connectivity index is 1.56. The molecule has 134 valence electrons. The van der Waals surface area contributed by atoms with E-state index in [9.17, 15) is 9.59 Å². The SMILES string of the molecule is C=CCOc1ccc(C(=O)N2CCC(C(=O)c3cccnc3)CC2)cc1. The molecule has 0 atom stereocenters. The highest BCUT2D eigenvalue weighted by Crippen LogP contribution is 2.23. The molecule has 5 heteroatoms. The van der Waals surface area contributed by atoms with Gasteiger partial charge in [0.1, 0.15) is 12.4 Å². The largest absolute Gasteiger partial charge is 0.490 e. The van der Waals surface area contributed by atoms with E-state index in [1.54, 1.807) is 54.9 Å². The summed E-state index contributed by atoms with van der Waals surface area (Å²) < 4.78 is 5.43. The number of likely N-dealkylation sites (tertiary alicyclic amines) is 1. The van der Waals surface area contributed by atoms with Gasteiger partial charge in [-0.05, 0) is 49.2 Å². The lowest BCUT2D eigenvalue weighted by Crippen LogP contribution is -2.40. The number of Topliss-reactive ketones (excluding diaryl/α,β-unsaturated/α-hetero) is 1. The summed E-state index contributed by atoms with van der Waals surface area (Å²) >= 11 is 0. The third-order valence-electron chi connectivity index (χ3n) is 4.57. The van der Waals surface area contributed by atoms with E-state index in [2.05, 4.69) is 11.6 Å². The lowest BCUT2D eigenvalue weighted by atomic mass is 9.89. The van der Waals surface area contributed by atoms with E-state index >= 15 is 0 Å². The van der Waals surface area contributed by atoms with Gasteiger partial charge in [-0.25, -0.2) is 0 Å². The molecule has 2 heterocycles. The van der Waals surface area contributed by atoms with Crippen LogP contribution in [-0.2, 0) is 0 Å². The quantitative estimate of drug-likeness (QED) is 0.592. The second-order valence-electron chi connectivity index (χ2n) is 6.30. The van der Waals surface area contributed by atoms with Gasteiger partial charge in [0.2, 0.25) is 0 Å². The first kappa shape index (κ1) is 17.9. The number of pyridine rings is 1. The number of carbonyl (C=O) groups excluding carboxylic acids is 2. The molecule has 1 saturated heterocycles. The number of hydrogen-bond acceptors (Lipinski definition) is 4. The molecule has 1 amide bonds. The molecule has 0 saturated carbocycles. The van der Waals surface area contributed by atoms with Crippen molar-refractivity contribution in [1.29, 1.82) is 0 Å². The highest BCUT2D eigenvalue weighted by Gasteiger charge is 2.28. The first-order valence-electron chi connectivity index (χ1n) is 8.76. The number of rotatable bonds is 6. The Morgan fingerprint density at radius 1 is 1.15 bits per heavy atom. The minimum absolute atomic E-state index is 0.00690. The maximum absolute atomic E-state index is 12.6. The third kappa shape index (κ3) is 4.17. The van der Waals surface area contributed by atoms with Crippen LogP contribution in [0.15, 0.2) is 61.4 Å². The molecule has 0 spiro atoms. The second kappa shape index (κ2) is 8.43. The first-order valence-corrected chi connectivity index (χ1v) is 8.76. The molecule has 5 nitrogen and oxygen atoms in total. The van der Waals surface area contributed by atoms with Crippen LogP contribution >= 0.6 is 0 Å². The van der Waals surface area contributed by atoms with Crippen molar-refractivity contribution in [3.63, 3.8) is 0 Å². The minimum Gasteiger partial charge on any atom is -0.490 e. The number of ether oxygens (including phenoxy) is 1. The number of ketones is 1. The molecule has 1 aliphatic heterocycles. The van der Waals surface area contributed by atoms with Gasteiger partial charge in [-0.15, -0.1) is 0 Å². The molecule has 3 rings (SSSR count). The Morgan fingerprint density at radius 2 is 1.88 bits per heavy atom. The van der Waals surface area contributed by atoms with Gasteiger partial charge < -0.3 is 9.64 Å². The molecular formula is C21H22N2O3. The van der Waals surface area contributed by atoms with Crippen LogP contribution in [-0.4, -0.2) is 41.3 Å². The van der Waals surface area contributed by atoms with Crippen LogP contribution in [0.4, 0.5) is 0 Å². The van der Waals surface area contributed by atoms with Gasteiger partial charge >= 0.3 is 0 Å². The molecule has 1 aliphatic rings. The first-order chi connectivity index (χ1) is 12.7. The van der Waals surface area contributed by atoms with Gasteiger partial charge in [0.25, 0.3) is 5.91 Å². The zero-order chi connectivity index (χ0) is 18.4. The van der Waals surface area contributed by atoms with Crippen LogP contribution in [0.2, 0.25) is 0 Å². The maximum atomic E-state index is 12.6. The molecule has 0 radical (unpaired) electrons. The lowest BCUT2D eigenvalue weighted by molar-refractivity contribution is 0.0650. The van der Waals surface area contributed by atoms with E-state index in [0.29, 0.717) is 49.4 Å². The van der Waals surface area contributed by atoms with E-state index in [4.69, 9.17) is 4.74 Å². The topological polar surface area (TPSA) is 59.5 Å². The average molecular weight is 350 g/mol. The number of nitrogens with zero attached hydrogens (tertiary/aromatic N) is 2. The molecule has 0 unspecified atom stereocenters. The molecule has 0 N–H and O–H groups in total. The average Bonchev–Trinajstić information content (AvgIpc) is 2.72. The van der Waals surface area contributed by atoms with Crippen molar-refractivity contribution < 1.29 is 14.3 Å². The van der Waals surface area contributed by atoms with Gasteiger partial charge in [0, 0.05) is 42.5 Å². The number of benzene rings is 1. The predicted molar refractivity (Wildman–Crippen MR) is 99.3 cm³/mol. The van der Waals surface area contributed by atoms with Crippen molar-refractivity contribution in [2.75, 3.05) is 19.7 Å². The fourth-order valence-corrected chi connectivity index (χ4v) is 3.12. The fraction of sp³-hybridized carbons (Fsp3) is 0.286. The molecule has 1 aromatic carbocycles. The summed E-state index contributed by atoms with van der Waals surface area (Å²) in [5.41, 5.74) is 1.28. The third-order valence-corrected chi connectivity index (χ3v) is 4.57. The number of piperidine rings is 1. The van der Waals surface area contributed by atoms with Crippen molar-refractivity contribution >= 4 is 11.7 Å². The summed E-state index contributed by atoms with van der Waals surface area (Å²) in [7, 11) is 0. The van der Waals surface area contributed by atoms with Crippen LogP contribution in [0.5, 0.6) is 5.75 Å². The summed E-state index contributed by atoms with van der Waals surface area (Å²) in [6.45, 7) is 5.22. The number of aromatic nitrogens is 1. The van der Waals surface area contributed by atoms with Crippen LogP contribution in [0, 0.1) is 5.92 Å². The van der Waals surface area contributed by atoms with Crippen LogP contribution in [0.25, 0.3) is 0 Å². The lowest BCUT2D eigenvalue weighted by Gasteiger charge is -2.31. The predicted octanol–water partition coefficient (Wildman–Crippen LogP) is 3.38. The van der Waals surface area contributed by atoms with E-state index in [1.807, 2.05) is 4.90 Å². The number of carbonyl (C=O) groups is 2. The van der Waals surface area contributed by atoms with Gasteiger partial charge in [0.05, 0.1) is 0 Å². The number of hydrogen-bond donors (Lipinski definition) is 0. The molecule has 2 aromatic rings. The highest BCUT2D eigenvalue weighted by atomic mass is 16.5. The van der Waals surface area contributed by atoms with Crippen molar-refractivity contribution in [2.45, 2.75) is 12.8 Å². The number of amides is 1. The van der Waals surface area contributed by atoms with Crippen molar-refractivity contribution in [3.8, 4) is 5.75 Å². The maximum Gasteiger partial charge on any atom is 0.253 e. The van der Waals surface area contributed by atoms with E-state index in [-0.39, 0.29) is 17.6 Å². The van der Waals surface area contributed by atoms with Gasteiger partial charge in [0.15, 0.2) is 5.78 Å². The molecule has 1 aromatic heterocycles.